The first kappa shape index (κ1) is 18.7. The minimum Gasteiger partial charge on any atom is -0.378 e. The SMILES string of the molecule is C.CC[N+]1=c2cc3c(cc2CCC1)=Cc1ccc(N(C)C)cc1C3(C)C. The average Bonchev–Trinajstić information content (AvgIpc) is 2.59. The van der Waals surface area contributed by atoms with E-state index in [4.69, 9.17) is 0 Å². The van der Waals surface area contributed by atoms with Crippen molar-refractivity contribution in [2.45, 2.75) is 46.5 Å². The van der Waals surface area contributed by atoms with E-state index in [1.807, 2.05) is 0 Å². The molecule has 0 unspecified atom stereocenters. The molecule has 138 valence electrons. The predicted molar refractivity (Wildman–Crippen MR) is 114 cm³/mol. The van der Waals surface area contributed by atoms with Crippen LogP contribution in [0.15, 0.2) is 30.3 Å². The van der Waals surface area contributed by atoms with Gasteiger partial charge in [0.05, 0.1) is 0 Å². The Balaban J connectivity index is 0.00000196. The van der Waals surface area contributed by atoms with Gasteiger partial charge in [-0.1, -0.05) is 27.3 Å². The van der Waals surface area contributed by atoms with Crippen LogP contribution in [0.25, 0.3) is 6.08 Å². The summed E-state index contributed by atoms with van der Waals surface area (Å²) in [5.74, 6) is 0. The van der Waals surface area contributed by atoms with Gasteiger partial charge in [-0.05, 0) is 59.5 Å². The van der Waals surface area contributed by atoms with Crippen LogP contribution in [-0.2, 0) is 11.8 Å². The number of fused-ring (bicyclic) bond motifs is 3. The van der Waals surface area contributed by atoms with Crippen molar-refractivity contribution in [2.24, 2.45) is 0 Å². The van der Waals surface area contributed by atoms with E-state index in [-0.39, 0.29) is 12.8 Å². The summed E-state index contributed by atoms with van der Waals surface area (Å²) in [6.45, 7) is 9.31. The summed E-state index contributed by atoms with van der Waals surface area (Å²) < 4.78 is 2.54. The Morgan fingerprint density at radius 2 is 1.85 bits per heavy atom. The molecule has 0 N–H and O–H groups in total. The van der Waals surface area contributed by atoms with E-state index in [0.29, 0.717) is 0 Å². The van der Waals surface area contributed by atoms with Gasteiger partial charge in [0.1, 0.15) is 13.1 Å². The van der Waals surface area contributed by atoms with E-state index in [1.54, 1.807) is 0 Å². The number of nitrogens with zero attached hydrogens (tertiary/aromatic N) is 2. The van der Waals surface area contributed by atoms with Gasteiger partial charge in [-0.3, -0.25) is 0 Å². The maximum atomic E-state index is 2.54. The molecule has 4 rings (SSSR count). The van der Waals surface area contributed by atoms with E-state index in [0.717, 1.165) is 6.54 Å². The molecule has 1 aliphatic carbocycles. The Morgan fingerprint density at radius 1 is 1.08 bits per heavy atom. The molecule has 0 saturated heterocycles. The number of hydrogen-bond donors (Lipinski definition) is 0. The minimum atomic E-state index is 0. The van der Waals surface area contributed by atoms with Crippen LogP contribution < -0.4 is 20.1 Å². The van der Waals surface area contributed by atoms with Gasteiger partial charge < -0.3 is 4.90 Å². The van der Waals surface area contributed by atoms with Gasteiger partial charge in [0, 0.05) is 43.2 Å². The van der Waals surface area contributed by atoms with Crippen LogP contribution in [0.5, 0.6) is 0 Å². The molecule has 2 heteroatoms. The fraction of sp³-hybridized carbons (Fsp3) is 0.458. The highest BCUT2D eigenvalue weighted by atomic mass is 15.1. The van der Waals surface area contributed by atoms with Crippen LogP contribution >= 0.6 is 0 Å². The quantitative estimate of drug-likeness (QED) is 0.754. The Kier molecular flexibility index (Phi) is 4.72. The van der Waals surface area contributed by atoms with Crippen molar-refractivity contribution in [3.8, 4) is 0 Å². The third-order valence-corrected chi connectivity index (χ3v) is 6.06. The number of hydrogen-bond acceptors (Lipinski definition) is 1. The van der Waals surface area contributed by atoms with Crippen LogP contribution in [0.3, 0.4) is 0 Å². The number of aryl methyl sites for hydroxylation is 1. The summed E-state index contributed by atoms with van der Waals surface area (Å²) in [5, 5.41) is 2.87. The smallest absolute Gasteiger partial charge is 0.203 e. The van der Waals surface area contributed by atoms with Gasteiger partial charge in [0.15, 0.2) is 0 Å². The van der Waals surface area contributed by atoms with Crippen LogP contribution in [0.4, 0.5) is 5.69 Å². The number of anilines is 1. The fourth-order valence-electron chi connectivity index (χ4n) is 4.52. The first-order chi connectivity index (χ1) is 11.9. The van der Waals surface area contributed by atoms with Crippen molar-refractivity contribution in [2.75, 3.05) is 32.1 Å². The van der Waals surface area contributed by atoms with Crippen molar-refractivity contribution >= 4 is 11.8 Å². The van der Waals surface area contributed by atoms with Crippen molar-refractivity contribution in [1.29, 1.82) is 0 Å². The molecule has 0 aromatic heterocycles. The molecule has 0 saturated carbocycles. The molecule has 0 fully saturated rings. The molecule has 1 aliphatic heterocycles. The summed E-state index contributed by atoms with van der Waals surface area (Å²) in [7, 11) is 4.23. The Hall–Kier alpha value is -2.09. The van der Waals surface area contributed by atoms with Crippen molar-refractivity contribution < 1.29 is 0 Å². The normalized spacial score (nSPS) is 16.6. The fourth-order valence-corrected chi connectivity index (χ4v) is 4.52. The highest BCUT2D eigenvalue weighted by Crippen LogP contribution is 2.36. The second-order valence-corrected chi connectivity index (χ2v) is 8.19. The highest BCUT2D eigenvalue weighted by Gasteiger charge is 2.31. The molecular formula is C24H33N2+. The van der Waals surface area contributed by atoms with E-state index < -0.39 is 0 Å². The first-order valence-electron chi connectivity index (χ1n) is 9.50. The average molecular weight is 350 g/mol. The van der Waals surface area contributed by atoms with Crippen molar-refractivity contribution in [3.05, 3.63) is 63.2 Å². The molecule has 2 aromatic carbocycles. The molecule has 0 radical (unpaired) electrons. The molecule has 2 nitrogen and oxygen atoms in total. The third-order valence-electron chi connectivity index (χ3n) is 6.06. The molecule has 0 amide bonds. The topological polar surface area (TPSA) is 6.25 Å². The lowest BCUT2D eigenvalue weighted by Crippen LogP contribution is -2.42. The van der Waals surface area contributed by atoms with E-state index >= 15 is 0 Å². The first-order valence-corrected chi connectivity index (χ1v) is 9.50. The zero-order valence-electron chi connectivity index (χ0n) is 16.2. The van der Waals surface area contributed by atoms with Crippen LogP contribution in [0.2, 0.25) is 0 Å². The lowest BCUT2D eigenvalue weighted by Gasteiger charge is -2.33. The maximum Gasteiger partial charge on any atom is 0.203 e. The molecule has 2 aliphatic rings. The summed E-state index contributed by atoms with van der Waals surface area (Å²) in [6.07, 6.45) is 4.87. The molecular weight excluding hydrogens is 316 g/mol. The second-order valence-electron chi connectivity index (χ2n) is 8.19. The van der Waals surface area contributed by atoms with Gasteiger partial charge >= 0.3 is 0 Å². The van der Waals surface area contributed by atoms with E-state index in [9.17, 15) is 0 Å². The molecule has 26 heavy (non-hydrogen) atoms. The van der Waals surface area contributed by atoms with Crippen LogP contribution in [-0.4, -0.2) is 27.2 Å². The zero-order valence-corrected chi connectivity index (χ0v) is 16.2. The Bertz CT molecular complexity index is 964. The molecule has 0 bridgehead atoms. The summed E-state index contributed by atoms with van der Waals surface area (Å²) in [6, 6.07) is 11.8. The van der Waals surface area contributed by atoms with Crippen molar-refractivity contribution in [1.82, 2.24) is 4.58 Å². The molecule has 0 spiro atoms. The Morgan fingerprint density at radius 3 is 2.54 bits per heavy atom. The van der Waals surface area contributed by atoms with Crippen LogP contribution in [0.1, 0.15) is 56.9 Å². The van der Waals surface area contributed by atoms with E-state index in [1.165, 1.54) is 57.9 Å². The monoisotopic (exact) mass is 349 g/mol. The van der Waals surface area contributed by atoms with Gasteiger partial charge in [0.2, 0.25) is 5.36 Å². The third kappa shape index (κ3) is 2.76. The lowest BCUT2D eigenvalue weighted by atomic mass is 9.71. The molecule has 0 atom stereocenters. The van der Waals surface area contributed by atoms with Gasteiger partial charge in [-0.25, -0.2) is 4.58 Å². The lowest BCUT2D eigenvalue weighted by molar-refractivity contribution is 0.534. The highest BCUT2D eigenvalue weighted by molar-refractivity contribution is 5.67. The van der Waals surface area contributed by atoms with Crippen LogP contribution in [0, 0.1) is 0 Å². The van der Waals surface area contributed by atoms with Gasteiger partial charge in [-0.2, -0.15) is 0 Å². The number of rotatable bonds is 2. The predicted octanol–water partition coefficient (Wildman–Crippen LogP) is 3.31. The zero-order chi connectivity index (χ0) is 17.8. The molecule has 1 heterocycles. The molecule has 2 aromatic rings. The van der Waals surface area contributed by atoms with Gasteiger partial charge in [-0.15, -0.1) is 0 Å². The summed E-state index contributed by atoms with van der Waals surface area (Å²) in [4.78, 5) is 2.19. The van der Waals surface area contributed by atoms with Crippen molar-refractivity contribution in [3.63, 3.8) is 0 Å². The minimum absolute atomic E-state index is 0. The van der Waals surface area contributed by atoms with Gasteiger partial charge in [0.25, 0.3) is 0 Å². The second kappa shape index (κ2) is 6.57. The largest absolute Gasteiger partial charge is 0.378 e. The maximum absolute atomic E-state index is 2.54. The summed E-state index contributed by atoms with van der Waals surface area (Å²) >= 11 is 0. The standard InChI is InChI=1S/C23H29N2.CH4/c1-6-25-11-7-8-17-13-18-12-16-9-10-19(24(4)5)14-20(16)23(2,3)21(18)15-22(17)25;/h9-10,12-15H,6-8,11H2,1-5H3;1H4/q+1;. The summed E-state index contributed by atoms with van der Waals surface area (Å²) in [5.41, 5.74) is 7.09. The van der Waals surface area contributed by atoms with E-state index in [2.05, 4.69) is 80.7 Å². The number of benzene rings is 2. The Labute approximate surface area is 158 Å².